The highest BCUT2D eigenvalue weighted by Crippen LogP contribution is 2.51. The predicted octanol–water partition coefficient (Wildman–Crippen LogP) is 19.9. The summed E-state index contributed by atoms with van der Waals surface area (Å²) in [5.74, 6) is 5.48. The van der Waals surface area contributed by atoms with E-state index in [1.54, 1.807) is 74.2 Å². The molecule has 0 saturated heterocycles. The number of halogens is 7. The maximum Gasteiger partial charge on any atom is 0.416 e. The summed E-state index contributed by atoms with van der Waals surface area (Å²) >= 11 is 20.4. The quantitative estimate of drug-likeness (QED) is 0.0107. The molecule has 6 atom stereocenters. The van der Waals surface area contributed by atoms with Crippen LogP contribution in [0.5, 0.6) is 0 Å². The van der Waals surface area contributed by atoms with Crippen molar-refractivity contribution in [2.45, 2.75) is 116 Å². The molecule has 7 aromatic carbocycles. The second-order valence-electron chi connectivity index (χ2n) is 32.5. The lowest BCUT2D eigenvalue weighted by Crippen LogP contribution is -2.36. The molecule has 6 aliphatic heterocycles. The fourth-order valence-electron chi connectivity index (χ4n) is 17.1. The monoisotopic (exact) mass is 1940 g/mol. The second kappa shape index (κ2) is 43.1. The molecule has 19 rings (SSSR count). The van der Waals surface area contributed by atoms with Gasteiger partial charge in [-0.05, 0) is 112 Å². The molecule has 6 aromatic heterocycles. The van der Waals surface area contributed by atoms with Gasteiger partial charge >= 0.3 is 18.1 Å². The maximum absolute atomic E-state index is 14.4. The number of nitrogens with one attached hydrogen (secondary N) is 13. The van der Waals surface area contributed by atoms with Crippen molar-refractivity contribution in [3.05, 3.63) is 396 Å². The Morgan fingerprint density at radius 3 is 1.19 bits per heavy atom. The summed E-state index contributed by atoms with van der Waals surface area (Å²) in [6.45, 7) is 17.1. The van der Waals surface area contributed by atoms with Gasteiger partial charge in [-0.2, -0.15) is 43.8 Å². The van der Waals surface area contributed by atoms with E-state index in [1.165, 1.54) is 49.1 Å². The minimum absolute atomic E-state index is 0.0369. The van der Waals surface area contributed by atoms with E-state index in [0.29, 0.717) is 78.0 Å². The smallest absolute Gasteiger partial charge is 0.416 e. The van der Waals surface area contributed by atoms with Crippen molar-refractivity contribution in [3.63, 3.8) is 0 Å². The molecule has 0 spiro atoms. The number of aromatic nitrogens is 12. The topological polar surface area (TPSA) is 432 Å². The standard InChI is InChI=1S/C21H18ClN3O2.C17H18FN3OS.C16H17ClN4O.C16H17N3O2.C14H14ClN5O.C14H11F3N4O2/c1-13-18(21(26)27-12-14-7-3-2-4-8-14)19(15-9-5-6-10-17(15)22)16-11-23-25-20(16)24-13;1-9(2)23-17(22)14-10(3)20-16-12(8-19-21-16)15(14)11-6-4-5-7-13(11)18;1-9-13(16(22)21(2)3)14(10-6-4-5-7-12(10)17)11-8-18-20-15(11)19-9;1-3-21-16(20)13-10(2)18-15-12(9-17-19-15)14(13)11-7-5-4-6-8-11;1-7-11(14(21)19-16)12(8-4-2-3-5-10(8)15)9-6-17-20-13(9)18-7;1-7-12(21(22)23)11(9-6-18-20-13(9)19-7)8-4-2-3-5-10(8)14(15,16)17/h2-11,19H,12H2,1H3,(H2,23,24,25);4-9,15H,1-3H3,(H2,19,20,21);4-8,14H,1-3H3,(H2,18,19,20);4-9,14H,3H2,1-2H3,(H2,17,18,19);2-6,12H,16H2,1H3,(H,19,21)(H2,17,18,20);2-6,11H,1H3,(H2,18,19,20). The fourth-order valence-corrected chi connectivity index (χ4v) is 18.7. The van der Waals surface area contributed by atoms with Crippen molar-refractivity contribution >= 4 is 110 Å². The fraction of sp³-hybridized carbons (Fsp3) is 0.214. The Hall–Kier alpha value is -15.1. The highest BCUT2D eigenvalue weighted by Gasteiger charge is 2.45. The van der Waals surface area contributed by atoms with Crippen molar-refractivity contribution < 1.29 is 55.9 Å². The van der Waals surface area contributed by atoms with E-state index in [2.05, 4.69) is 98.5 Å². The van der Waals surface area contributed by atoms with Crippen LogP contribution in [0.3, 0.4) is 0 Å². The minimum Gasteiger partial charge on any atom is -0.463 e. The zero-order chi connectivity index (χ0) is 97.8. The summed E-state index contributed by atoms with van der Waals surface area (Å²) in [4.78, 5) is 75.4. The Balaban J connectivity index is 0.000000132. The molecule has 0 radical (unpaired) electrons. The zero-order valence-corrected chi connectivity index (χ0v) is 78.7. The second-order valence-corrected chi connectivity index (χ2v) is 35.3. The number of H-pyrrole nitrogens is 6. The number of hydrogen-bond acceptors (Lipinski definition) is 23. The molecule has 137 heavy (non-hydrogen) atoms. The lowest BCUT2D eigenvalue weighted by molar-refractivity contribution is -0.430. The average Bonchev–Trinajstić information content (AvgIpc) is 1.62. The first kappa shape index (κ1) is 97.9. The van der Waals surface area contributed by atoms with Crippen LogP contribution in [0.4, 0.5) is 52.5 Å². The van der Waals surface area contributed by atoms with Crippen LogP contribution in [0.2, 0.25) is 15.1 Å². The number of aromatic amines is 6. The molecule has 31 nitrogen and oxygen atoms in total. The van der Waals surface area contributed by atoms with Gasteiger partial charge in [0.05, 0.1) is 71.1 Å². The number of thioether (sulfide) groups is 1. The molecular formula is C98H95Cl3F4N22O9S. The van der Waals surface area contributed by atoms with Gasteiger partial charge in [0.1, 0.15) is 53.2 Å². The number of fused-ring (bicyclic) bond motifs is 6. The van der Waals surface area contributed by atoms with Crippen LogP contribution in [0.25, 0.3) is 0 Å². The Kier molecular flexibility index (Phi) is 30.8. The van der Waals surface area contributed by atoms with E-state index in [1.807, 2.05) is 183 Å². The molecule has 39 heteroatoms. The van der Waals surface area contributed by atoms with E-state index in [4.69, 9.17) is 50.1 Å². The first-order valence-corrected chi connectivity index (χ1v) is 45.0. The third-order valence-corrected chi connectivity index (χ3v) is 25.1. The van der Waals surface area contributed by atoms with Crippen LogP contribution in [-0.4, -0.2) is 126 Å². The molecule has 706 valence electrons. The molecule has 0 bridgehead atoms. The Bertz CT molecular complexity index is 6890. The average molecular weight is 1940 g/mol. The number of nitro groups is 1. The summed E-state index contributed by atoms with van der Waals surface area (Å²) in [6, 6.07) is 53.5. The third kappa shape index (κ3) is 21.2. The molecular weight excluding hydrogens is 1840 g/mol. The summed E-state index contributed by atoms with van der Waals surface area (Å²) in [5, 5.41) is 73.4. The number of carbonyl (C=O) groups is 5. The molecule has 0 fully saturated rings. The van der Waals surface area contributed by atoms with Gasteiger partial charge in [-0.3, -0.25) is 60.5 Å². The normalized spacial score (nSPS) is 17.0. The van der Waals surface area contributed by atoms with Gasteiger partial charge in [0.15, 0.2) is 0 Å². The maximum atomic E-state index is 14.4. The first-order valence-electron chi connectivity index (χ1n) is 43.0. The number of hydrogen-bond donors (Lipinski definition) is 14. The number of amides is 2. The number of ether oxygens (including phenoxy) is 2. The summed E-state index contributed by atoms with van der Waals surface area (Å²) in [6.07, 6.45) is 5.24. The Labute approximate surface area is 803 Å². The Morgan fingerprint density at radius 2 is 0.781 bits per heavy atom. The SMILES string of the molecule is CC1=C(C(=O)N(C)C)C(c2ccccc2Cl)c2cn[nH]c2N1.CC1=C(C(=O)NN)C(c2ccccc2Cl)c2cn[nH]c2N1.CC1=C(C(=O)OCc2ccccc2)C(c2ccccc2Cl)c2cn[nH]c2N1.CC1=C(C(=O)SC(C)C)C(c2ccccc2F)c2cn[nH]c2N1.CC1=C([N+](=O)[O-])C(c2ccccc2C(F)(F)F)c2cn[nH]c2N1.CCOC(=O)C1=C(C)Nc2[nH]ncc2C1c1ccccc1. The van der Waals surface area contributed by atoms with Crippen LogP contribution in [0.1, 0.15) is 176 Å². The van der Waals surface area contributed by atoms with Crippen LogP contribution < -0.4 is 43.2 Å². The van der Waals surface area contributed by atoms with Crippen molar-refractivity contribution in [3.8, 4) is 0 Å². The number of hydrazine groups is 1. The molecule has 6 unspecified atom stereocenters. The molecule has 0 saturated carbocycles. The number of allylic oxidation sites excluding steroid dienone is 7. The zero-order valence-electron chi connectivity index (χ0n) is 75.6. The van der Waals surface area contributed by atoms with Crippen LogP contribution in [0, 0.1) is 15.9 Å². The van der Waals surface area contributed by atoms with Crippen LogP contribution in [-0.2, 0) is 46.2 Å². The van der Waals surface area contributed by atoms with Crippen molar-refractivity contribution in [2.75, 3.05) is 52.6 Å². The molecule has 13 aromatic rings. The van der Waals surface area contributed by atoms with Gasteiger partial charge < -0.3 is 46.3 Å². The first-order chi connectivity index (χ1) is 65.8. The number of alkyl halides is 3. The number of anilines is 6. The van der Waals surface area contributed by atoms with E-state index in [-0.39, 0.29) is 87.2 Å². The van der Waals surface area contributed by atoms with E-state index in [0.717, 1.165) is 108 Å². The number of nitrogens with zero attached hydrogens (tertiary/aromatic N) is 8. The lowest BCUT2D eigenvalue weighted by atomic mass is 9.82. The van der Waals surface area contributed by atoms with Crippen LogP contribution in [0.15, 0.2) is 287 Å². The van der Waals surface area contributed by atoms with Gasteiger partial charge in [0.25, 0.3) is 17.5 Å². The minimum atomic E-state index is -4.61. The number of carbonyl (C=O) groups excluding carboxylic acids is 5. The molecule has 15 N–H and O–H groups in total. The largest absolute Gasteiger partial charge is 0.463 e. The number of nitrogens with two attached hydrogens (primary N) is 1. The highest BCUT2D eigenvalue weighted by atomic mass is 35.5. The van der Waals surface area contributed by atoms with Crippen LogP contribution >= 0.6 is 46.6 Å². The highest BCUT2D eigenvalue weighted by molar-refractivity contribution is 8.14. The van der Waals surface area contributed by atoms with Gasteiger partial charge in [-0.1, -0.05) is 212 Å². The van der Waals surface area contributed by atoms with Gasteiger partial charge in [0.2, 0.25) is 5.12 Å². The molecule has 12 heterocycles. The summed E-state index contributed by atoms with van der Waals surface area (Å²) < 4.78 is 65.2. The van der Waals surface area contributed by atoms with Crippen molar-refractivity contribution in [2.24, 2.45) is 5.84 Å². The van der Waals surface area contributed by atoms with E-state index in [9.17, 15) is 51.6 Å². The van der Waals surface area contributed by atoms with Gasteiger partial charge in [-0.15, -0.1) is 0 Å². The molecule has 2 amide bonds. The predicted molar refractivity (Wildman–Crippen MR) is 518 cm³/mol. The Morgan fingerprint density at radius 1 is 0.445 bits per heavy atom. The lowest BCUT2D eigenvalue weighted by Gasteiger charge is -2.29. The van der Waals surface area contributed by atoms with Gasteiger partial charge in [-0.25, -0.2) is 19.8 Å². The summed E-state index contributed by atoms with van der Waals surface area (Å²) in [7, 11) is 3.49. The number of esters is 2. The van der Waals surface area contributed by atoms with Gasteiger partial charge in [0, 0.05) is 148 Å². The summed E-state index contributed by atoms with van der Waals surface area (Å²) in [5.41, 5.74) is 17.4. The van der Waals surface area contributed by atoms with E-state index >= 15 is 0 Å². The van der Waals surface area contributed by atoms with E-state index < -0.39 is 28.5 Å². The van der Waals surface area contributed by atoms with Crippen molar-refractivity contribution in [1.29, 1.82) is 0 Å². The van der Waals surface area contributed by atoms with Crippen molar-refractivity contribution in [1.82, 2.24) is 71.5 Å². The number of benzene rings is 7. The molecule has 0 aliphatic carbocycles. The number of rotatable bonds is 16. The number of likely N-dealkylation sites (N-methyl/N-ethyl adjacent to an activating group) is 1. The molecule has 6 aliphatic rings. The third-order valence-electron chi connectivity index (χ3n) is 23.1.